The number of rotatable bonds is 13. The van der Waals surface area contributed by atoms with Crippen LogP contribution >= 0.6 is 0 Å². The van der Waals surface area contributed by atoms with Crippen molar-refractivity contribution in [3.8, 4) is 0 Å². The number of urea groups is 3. The molecular formula is C48H77N9O12. The topological polar surface area (TPSA) is 237 Å². The molecule has 0 aliphatic carbocycles. The van der Waals surface area contributed by atoms with E-state index in [1.54, 1.807) is 6.92 Å². The maximum atomic E-state index is 14.0. The fourth-order valence-corrected chi connectivity index (χ4v) is 12.6. The molecule has 6 saturated heterocycles. The second-order valence-electron chi connectivity index (χ2n) is 24.7. The van der Waals surface area contributed by atoms with E-state index in [1.165, 1.54) is 0 Å². The summed E-state index contributed by atoms with van der Waals surface area (Å²) >= 11 is 0. The molecule has 0 unspecified atom stereocenters. The van der Waals surface area contributed by atoms with E-state index < -0.39 is 148 Å². The second-order valence-corrected chi connectivity index (χ2v) is 24.7. The SMILES string of the molecule is CCC(COC(=O)CN1C(=O)NC2(CC(C)(C)N(C)C(C)(C)C2)C1=O)(COC(=O)CN1C(=O)NC2(CC(C)(C)N(C)C(C)(C)C2)C1=O)COC(=O)CN1C(=O)NC2(CC(C)(C)N(C)C(C)(C)C2)C1=O. The Labute approximate surface area is 406 Å². The number of nitrogens with zero attached hydrogens (tertiary/aromatic N) is 6. The summed E-state index contributed by atoms with van der Waals surface area (Å²) in [5.41, 5.74) is -8.17. The van der Waals surface area contributed by atoms with Gasteiger partial charge in [0.15, 0.2) is 0 Å². The van der Waals surface area contributed by atoms with Gasteiger partial charge in [-0.25, -0.2) is 14.4 Å². The Bertz CT molecular complexity index is 1910. The minimum atomic E-state index is -1.47. The van der Waals surface area contributed by atoms with Crippen molar-refractivity contribution in [1.82, 2.24) is 45.3 Å². The highest BCUT2D eigenvalue weighted by Gasteiger charge is 2.63. The van der Waals surface area contributed by atoms with Crippen LogP contribution in [-0.4, -0.2) is 194 Å². The zero-order valence-electron chi connectivity index (χ0n) is 43.8. The number of likely N-dealkylation sites (tertiary alicyclic amines) is 3. The summed E-state index contributed by atoms with van der Waals surface area (Å²) in [5.74, 6) is -4.60. The molecular weight excluding hydrogens is 895 g/mol. The molecule has 6 heterocycles. The van der Waals surface area contributed by atoms with Crippen LogP contribution in [0.25, 0.3) is 0 Å². The fourth-order valence-electron chi connectivity index (χ4n) is 12.6. The number of hydrogen-bond donors (Lipinski definition) is 3. The maximum absolute atomic E-state index is 14.0. The summed E-state index contributed by atoms with van der Waals surface area (Å²) in [7, 11) is 5.88. The van der Waals surface area contributed by atoms with Crippen LogP contribution in [-0.2, 0) is 43.0 Å². The number of carbonyl (C=O) groups is 9. The Hall–Kier alpha value is -4.89. The molecule has 0 radical (unpaired) electrons. The lowest BCUT2D eigenvalue weighted by Crippen LogP contribution is -2.68. The van der Waals surface area contributed by atoms with Gasteiger partial charge in [-0.2, -0.15) is 0 Å². The molecule has 6 rings (SSSR count). The van der Waals surface area contributed by atoms with Gasteiger partial charge >= 0.3 is 36.0 Å². The van der Waals surface area contributed by atoms with Crippen LogP contribution in [0, 0.1) is 5.41 Å². The Kier molecular flexibility index (Phi) is 13.3. The highest BCUT2D eigenvalue weighted by atomic mass is 16.6. The molecule has 0 atom stereocenters. The summed E-state index contributed by atoms with van der Waals surface area (Å²) < 4.78 is 17.1. The highest BCUT2D eigenvalue weighted by Crippen LogP contribution is 2.48. The molecule has 0 saturated carbocycles. The lowest BCUT2D eigenvalue weighted by molar-refractivity contribution is -0.165. The first kappa shape index (κ1) is 53.5. The minimum Gasteiger partial charge on any atom is -0.463 e. The third kappa shape index (κ3) is 9.55. The number of amides is 9. The van der Waals surface area contributed by atoms with Crippen LogP contribution in [0.15, 0.2) is 0 Å². The van der Waals surface area contributed by atoms with Crippen LogP contribution in [0.2, 0.25) is 0 Å². The largest absolute Gasteiger partial charge is 0.463 e. The molecule has 9 amide bonds. The Balaban J connectivity index is 1.16. The lowest BCUT2D eigenvalue weighted by atomic mass is 9.69. The molecule has 6 aliphatic heterocycles. The van der Waals surface area contributed by atoms with Gasteiger partial charge in [0.05, 0.1) is 5.41 Å². The smallest absolute Gasteiger partial charge is 0.326 e. The third-order valence-electron chi connectivity index (χ3n) is 16.8. The molecule has 6 fully saturated rings. The van der Waals surface area contributed by atoms with Gasteiger partial charge in [-0.05, 0) is 149 Å². The normalized spacial score (nSPS) is 26.3. The predicted molar refractivity (Wildman–Crippen MR) is 250 cm³/mol. The first-order valence-electron chi connectivity index (χ1n) is 24.0. The van der Waals surface area contributed by atoms with Crippen LogP contribution in [0.3, 0.4) is 0 Å². The van der Waals surface area contributed by atoms with Gasteiger partial charge in [0, 0.05) is 33.2 Å². The van der Waals surface area contributed by atoms with Crippen molar-refractivity contribution in [2.24, 2.45) is 5.41 Å². The van der Waals surface area contributed by atoms with Gasteiger partial charge in [-0.15, -0.1) is 0 Å². The summed E-state index contributed by atoms with van der Waals surface area (Å²) in [5, 5.41) is 8.57. The molecule has 386 valence electrons. The van der Waals surface area contributed by atoms with Crippen LogP contribution < -0.4 is 16.0 Å². The number of piperidine rings is 3. The minimum absolute atomic E-state index is 0.0542. The van der Waals surface area contributed by atoms with Crippen molar-refractivity contribution >= 4 is 53.7 Å². The molecule has 0 aromatic heterocycles. The van der Waals surface area contributed by atoms with E-state index in [0.29, 0.717) is 38.5 Å². The number of carbonyl (C=O) groups excluding carboxylic acids is 9. The van der Waals surface area contributed by atoms with E-state index in [-0.39, 0.29) is 6.42 Å². The Morgan fingerprint density at radius 1 is 0.435 bits per heavy atom. The molecule has 21 nitrogen and oxygen atoms in total. The van der Waals surface area contributed by atoms with Gasteiger partial charge in [0.25, 0.3) is 17.7 Å². The van der Waals surface area contributed by atoms with Crippen LogP contribution in [0.5, 0.6) is 0 Å². The van der Waals surface area contributed by atoms with Crippen molar-refractivity contribution in [3.05, 3.63) is 0 Å². The summed E-state index contributed by atoms with van der Waals surface area (Å²) in [6.45, 7) is 21.6. The zero-order valence-corrected chi connectivity index (χ0v) is 43.8. The lowest BCUT2D eigenvalue weighted by Gasteiger charge is -2.56. The van der Waals surface area contributed by atoms with Gasteiger partial charge < -0.3 is 30.2 Å². The van der Waals surface area contributed by atoms with E-state index in [9.17, 15) is 43.2 Å². The average molecular weight is 972 g/mol. The molecule has 0 aromatic rings. The fraction of sp³-hybridized carbons (Fsp3) is 0.812. The standard InChI is InChI=1S/C48H77N9O12/c1-17-45(27-67-30(58)18-55-33(61)46(49-36(55)64)21-39(2,3)52(14)40(4,5)22-46,28-68-31(59)19-56-34(62)47(50-37(56)65)23-41(6,7)53(15)42(8,9)24-47)29-69-32(60)20-57-35(63)48(51-38(57)66)25-43(10,11)54(16)44(12,13)26-48/h17-29H2,1-16H3,(H,49,64)(H,50,65)(H,51,66). The molecule has 3 spiro atoms. The van der Waals surface area contributed by atoms with Crippen molar-refractivity contribution in [3.63, 3.8) is 0 Å². The van der Waals surface area contributed by atoms with E-state index in [4.69, 9.17) is 14.2 Å². The van der Waals surface area contributed by atoms with E-state index in [2.05, 4.69) is 30.7 Å². The monoisotopic (exact) mass is 972 g/mol. The molecule has 0 bridgehead atoms. The summed E-state index contributed by atoms with van der Waals surface area (Å²) in [6.07, 6.45) is 1.83. The van der Waals surface area contributed by atoms with Gasteiger partial charge in [-0.1, -0.05) is 6.92 Å². The molecule has 3 N–H and O–H groups in total. The highest BCUT2D eigenvalue weighted by molar-refractivity contribution is 6.10. The molecule has 6 aliphatic rings. The maximum Gasteiger partial charge on any atom is 0.326 e. The molecule has 21 heteroatoms. The summed E-state index contributed by atoms with van der Waals surface area (Å²) in [6, 6.07) is -2.24. The Morgan fingerprint density at radius 3 is 0.826 bits per heavy atom. The number of nitrogens with one attached hydrogen (secondary N) is 3. The molecule has 69 heavy (non-hydrogen) atoms. The van der Waals surface area contributed by atoms with Gasteiger partial charge in [-0.3, -0.25) is 58.2 Å². The van der Waals surface area contributed by atoms with Crippen LogP contribution in [0.4, 0.5) is 14.4 Å². The van der Waals surface area contributed by atoms with Gasteiger partial charge in [0.1, 0.15) is 56.1 Å². The van der Waals surface area contributed by atoms with Crippen molar-refractivity contribution in [2.75, 3.05) is 60.6 Å². The first-order chi connectivity index (χ1) is 31.3. The van der Waals surface area contributed by atoms with E-state index in [0.717, 1.165) is 14.7 Å². The number of imide groups is 3. The second kappa shape index (κ2) is 17.2. The first-order valence-corrected chi connectivity index (χ1v) is 24.0. The number of esters is 3. The van der Waals surface area contributed by atoms with Crippen molar-refractivity contribution < 1.29 is 57.4 Å². The summed E-state index contributed by atoms with van der Waals surface area (Å²) in [4.78, 5) is 132. The van der Waals surface area contributed by atoms with E-state index >= 15 is 0 Å². The van der Waals surface area contributed by atoms with Crippen molar-refractivity contribution in [1.29, 1.82) is 0 Å². The molecule has 0 aromatic carbocycles. The number of hydrogen-bond acceptors (Lipinski definition) is 15. The average Bonchev–Trinajstić information content (AvgIpc) is 3.66. The Morgan fingerprint density at radius 2 is 0.638 bits per heavy atom. The predicted octanol–water partition coefficient (Wildman–Crippen LogP) is 2.73. The zero-order chi connectivity index (χ0) is 52.1. The number of ether oxygens (including phenoxy) is 3. The third-order valence-corrected chi connectivity index (χ3v) is 16.8. The van der Waals surface area contributed by atoms with Crippen LogP contribution in [0.1, 0.15) is 135 Å². The van der Waals surface area contributed by atoms with Gasteiger partial charge in [0.2, 0.25) is 0 Å². The van der Waals surface area contributed by atoms with Crippen molar-refractivity contribution in [2.45, 2.75) is 185 Å². The van der Waals surface area contributed by atoms with E-state index in [1.807, 2.05) is 104 Å². The quantitative estimate of drug-likeness (QED) is 0.137.